The molecule has 1 rings (SSSR count). The maximum absolute atomic E-state index is 13.8. The molecule has 5 heteroatoms. The highest BCUT2D eigenvalue weighted by Crippen LogP contribution is 2.27. The summed E-state index contributed by atoms with van der Waals surface area (Å²) < 4.78 is 13.8. The molecule has 4 nitrogen and oxygen atoms in total. The van der Waals surface area contributed by atoms with Gasteiger partial charge in [0.1, 0.15) is 5.82 Å². The lowest BCUT2D eigenvalue weighted by atomic mass is 10.0. The molecule has 1 aromatic rings. The third-order valence-corrected chi connectivity index (χ3v) is 4.74. The normalized spacial score (nSPS) is 14.1. The van der Waals surface area contributed by atoms with Crippen LogP contribution in [0.4, 0.5) is 4.39 Å². The van der Waals surface area contributed by atoms with Crippen molar-refractivity contribution in [1.82, 2.24) is 10.2 Å². The first kappa shape index (κ1) is 25.5. The van der Waals surface area contributed by atoms with Crippen LogP contribution >= 0.6 is 0 Å². The lowest BCUT2D eigenvalue weighted by Crippen LogP contribution is -2.30. The van der Waals surface area contributed by atoms with Gasteiger partial charge < -0.3 is 4.90 Å². The first-order valence-corrected chi connectivity index (χ1v) is 10.7. The monoisotopic (exact) mass is 412 g/mol. The standard InChI is InChI=1S/C25H37FN4/c1-7-15-28-19-29-24(13-16-27-6)21(8-2)14-17-30(20(4)5)25(9-3)22-11-10-12-23(26)18-22/h8,10-14,16-18,20,25,28H,6-7,9,15,19H2,1-5H3/b16-13-,17-14-,21-8-,29-24?. The molecule has 0 spiro atoms. The van der Waals surface area contributed by atoms with Gasteiger partial charge in [-0.05, 0) is 82.3 Å². The molecule has 0 amide bonds. The van der Waals surface area contributed by atoms with Gasteiger partial charge in [-0.25, -0.2) is 4.39 Å². The zero-order valence-electron chi connectivity index (χ0n) is 19.1. The van der Waals surface area contributed by atoms with Crippen LogP contribution in [-0.4, -0.2) is 36.6 Å². The molecule has 0 fully saturated rings. The number of nitrogens with one attached hydrogen (secondary N) is 1. The third kappa shape index (κ3) is 8.46. The summed E-state index contributed by atoms with van der Waals surface area (Å²) in [5.41, 5.74) is 2.81. The highest BCUT2D eigenvalue weighted by molar-refractivity contribution is 6.10. The molecule has 1 unspecified atom stereocenters. The largest absolute Gasteiger partial charge is 0.368 e. The van der Waals surface area contributed by atoms with Crippen LogP contribution < -0.4 is 5.32 Å². The van der Waals surface area contributed by atoms with Gasteiger partial charge >= 0.3 is 0 Å². The van der Waals surface area contributed by atoms with E-state index in [9.17, 15) is 4.39 Å². The van der Waals surface area contributed by atoms with E-state index < -0.39 is 0 Å². The van der Waals surface area contributed by atoms with Crippen molar-refractivity contribution in [3.8, 4) is 0 Å². The Morgan fingerprint density at radius 3 is 2.60 bits per heavy atom. The fourth-order valence-electron chi connectivity index (χ4n) is 3.22. The van der Waals surface area contributed by atoms with Gasteiger partial charge in [0, 0.05) is 18.4 Å². The Morgan fingerprint density at radius 1 is 1.27 bits per heavy atom. The second kappa shape index (κ2) is 14.5. The van der Waals surface area contributed by atoms with Crippen molar-refractivity contribution in [2.24, 2.45) is 9.98 Å². The highest BCUT2D eigenvalue weighted by Gasteiger charge is 2.19. The zero-order chi connectivity index (χ0) is 22.4. The highest BCUT2D eigenvalue weighted by atomic mass is 19.1. The van der Waals surface area contributed by atoms with Crippen molar-refractivity contribution < 1.29 is 4.39 Å². The summed E-state index contributed by atoms with van der Waals surface area (Å²) in [5, 5.41) is 3.29. The predicted octanol–water partition coefficient (Wildman–Crippen LogP) is 6.06. The minimum atomic E-state index is -0.205. The molecule has 1 N–H and O–H groups in total. The quantitative estimate of drug-likeness (QED) is 0.243. The number of hydrogen-bond donors (Lipinski definition) is 1. The molecule has 0 bridgehead atoms. The SMILES string of the molecule is C=N/C=C\C(=NCNCCC)C(/C=C\N(C(C)C)C(CC)c1cccc(F)c1)=C\C. The van der Waals surface area contributed by atoms with E-state index in [1.807, 2.05) is 25.1 Å². The van der Waals surface area contributed by atoms with Gasteiger partial charge in [0.15, 0.2) is 0 Å². The summed E-state index contributed by atoms with van der Waals surface area (Å²) in [5.74, 6) is -0.205. The maximum atomic E-state index is 13.8. The number of hydrogen-bond acceptors (Lipinski definition) is 4. The van der Waals surface area contributed by atoms with Gasteiger partial charge in [0.25, 0.3) is 0 Å². The molecule has 0 saturated carbocycles. The molecule has 0 aliphatic carbocycles. The summed E-state index contributed by atoms with van der Waals surface area (Å²) in [6, 6.07) is 7.21. The summed E-state index contributed by atoms with van der Waals surface area (Å²) in [6.45, 7) is 15.5. The van der Waals surface area contributed by atoms with E-state index in [0.717, 1.165) is 36.2 Å². The molecular weight excluding hydrogens is 375 g/mol. The van der Waals surface area contributed by atoms with Crippen LogP contribution in [0.25, 0.3) is 0 Å². The van der Waals surface area contributed by atoms with Crippen molar-refractivity contribution in [3.05, 3.63) is 71.8 Å². The Morgan fingerprint density at radius 2 is 2.03 bits per heavy atom. The fourth-order valence-corrected chi connectivity index (χ4v) is 3.22. The lowest BCUT2D eigenvalue weighted by molar-refractivity contribution is 0.223. The van der Waals surface area contributed by atoms with Crippen LogP contribution in [0.15, 0.2) is 70.5 Å². The molecule has 0 aliphatic heterocycles. The average molecular weight is 413 g/mol. The molecule has 30 heavy (non-hydrogen) atoms. The maximum Gasteiger partial charge on any atom is 0.123 e. The third-order valence-electron chi connectivity index (χ3n) is 4.74. The predicted molar refractivity (Wildman–Crippen MR) is 129 cm³/mol. The molecule has 0 saturated heterocycles. The van der Waals surface area contributed by atoms with E-state index in [1.54, 1.807) is 18.3 Å². The van der Waals surface area contributed by atoms with Crippen molar-refractivity contribution in [3.63, 3.8) is 0 Å². The molecule has 0 aromatic heterocycles. The second-order valence-corrected chi connectivity index (χ2v) is 7.28. The Hall–Kier alpha value is -2.53. The van der Waals surface area contributed by atoms with Gasteiger partial charge in [-0.1, -0.05) is 32.1 Å². The number of allylic oxidation sites excluding steroid dienone is 4. The molecule has 1 atom stereocenters. The molecule has 0 heterocycles. The van der Waals surface area contributed by atoms with Gasteiger partial charge in [-0.2, -0.15) is 0 Å². The molecule has 0 aliphatic rings. The first-order chi connectivity index (χ1) is 14.5. The summed E-state index contributed by atoms with van der Waals surface area (Å²) in [4.78, 5) is 10.8. The Bertz CT molecular complexity index is 762. The number of aliphatic imine (C=N–C) groups is 2. The fraction of sp³-hybridized carbons (Fsp3) is 0.440. The lowest BCUT2D eigenvalue weighted by Gasteiger charge is -2.34. The Labute approximate surface area is 182 Å². The van der Waals surface area contributed by atoms with Crippen LogP contribution in [0.5, 0.6) is 0 Å². The minimum absolute atomic E-state index is 0.0899. The van der Waals surface area contributed by atoms with E-state index in [4.69, 9.17) is 0 Å². The summed E-state index contributed by atoms with van der Waals surface area (Å²) >= 11 is 0. The topological polar surface area (TPSA) is 40.0 Å². The van der Waals surface area contributed by atoms with Gasteiger partial charge in [-0.3, -0.25) is 15.3 Å². The molecule has 1 aromatic carbocycles. The van der Waals surface area contributed by atoms with E-state index in [0.29, 0.717) is 6.67 Å². The van der Waals surface area contributed by atoms with Crippen molar-refractivity contribution in [2.75, 3.05) is 13.2 Å². The van der Waals surface area contributed by atoms with Crippen LogP contribution in [0.1, 0.15) is 59.1 Å². The summed E-state index contributed by atoms with van der Waals surface area (Å²) in [6.07, 6.45) is 11.6. The van der Waals surface area contributed by atoms with Crippen LogP contribution in [-0.2, 0) is 0 Å². The van der Waals surface area contributed by atoms with Gasteiger partial charge in [-0.15, -0.1) is 0 Å². The number of nitrogens with zero attached hydrogens (tertiary/aromatic N) is 3. The first-order valence-electron chi connectivity index (χ1n) is 10.7. The zero-order valence-corrected chi connectivity index (χ0v) is 19.1. The van der Waals surface area contributed by atoms with E-state index in [2.05, 4.69) is 66.9 Å². The van der Waals surface area contributed by atoms with Crippen molar-refractivity contribution >= 4 is 12.4 Å². The molecular formula is C25H37FN4. The Kier molecular flexibility index (Phi) is 12.3. The van der Waals surface area contributed by atoms with Crippen molar-refractivity contribution in [1.29, 1.82) is 0 Å². The smallest absolute Gasteiger partial charge is 0.123 e. The second-order valence-electron chi connectivity index (χ2n) is 7.28. The number of benzene rings is 1. The minimum Gasteiger partial charge on any atom is -0.368 e. The molecule has 0 radical (unpaired) electrons. The van der Waals surface area contributed by atoms with Crippen molar-refractivity contribution in [2.45, 2.75) is 59.5 Å². The van der Waals surface area contributed by atoms with Gasteiger partial charge in [0.05, 0.1) is 18.4 Å². The average Bonchev–Trinajstić information content (AvgIpc) is 2.73. The van der Waals surface area contributed by atoms with E-state index in [1.165, 1.54) is 6.07 Å². The molecule has 164 valence electrons. The van der Waals surface area contributed by atoms with E-state index in [-0.39, 0.29) is 17.9 Å². The van der Waals surface area contributed by atoms with Crippen LogP contribution in [0.2, 0.25) is 0 Å². The summed E-state index contributed by atoms with van der Waals surface area (Å²) in [7, 11) is 0. The number of halogens is 1. The Balaban J connectivity index is 3.17. The number of rotatable bonds is 13. The van der Waals surface area contributed by atoms with Crippen LogP contribution in [0, 0.1) is 5.82 Å². The van der Waals surface area contributed by atoms with Gasteiger partial charge in [0.2, 0.25) is 0 Å². The van der Waals surface area contributed by atoms with E-state index >= 15 is 0 Å². The van der Waals surface area contributed by atoms with Crippen LogP contribution in [0.3, 0.4) is 0 Å².